The van der Waals surface area contributed by atoms with Crippen molar-refractivity contribution in [3.05, 3.63) is 48.0 Å². The molecule has 0 radical (unpaired) electrons. The molecule has 2 aromatic rings. The molecule has 0 unspecified atom stereocenters. The topological polar surface area (TPSA) is 34.1 Å². The van der Waals surface area contributed by atoms with Crippen LogP contribution >= 0.6 is 0 Å². The van der Waals surface area contributed by atoms with Crippen LogP contribution in [0.15, 0.2) is 42.5 Å². The van der Waals surface area contributed by atoms with Gasteiger partial charge in [0.15, 0.2) is 5.78 Å². The molecule has 2 nitrogen and oxygen atoms in total. The van der Waals surface area contributed by atoms with Crippen LogP contribution in [-0.2, 0) is 4.79 Å². The fourth-order valence-corrected chi connectivity index (χ4v) is 1.41. The van der Waals surface area contributed by atoms with Crippen molar-refractivity contribution in [1.82, 2.24) is 0 Å². The first-order chi connectivity index (χ1) is 8.00. The van der Waals surface area contributed by atoms with Crippen molar-refractivity contribution in [1.29, 1.82) is 0 Å². The van der Waals surface area contributed by atoms with E-state index in [1.54, 1.807) is 6.92 Å². The monoisotopic (exact) mass is 228 g/mol. The zero-order valence-corrected chi connectivity index (χ0v) is 10.4. The van der Waals surface area contributed by atoms with E-state index in [1.165, 1.54) is 19.2 Å². The molecule has 0 bridgehead atoms. The van der Waals surface area contributed by atoms with Gasteiger partial charge in [0.05, 0.1) is 0 Å². The standard InChI is InChI=1S/C12H10O.C3H6O/c1-9(13)11-7-6-10-4-2-3-5-12(10)8-11;1-3(2)4/h2-8H,1H3;1-2H3. The Bertz CT molecular complexity index is 537. The lowest BCUT2D eigenvalue weighted by atomic mass is 10.1. The highest BCUT2D eigenvalue weighted by Gasteiger charge is 1.99. The second-order valence-corrected chi connectivity index (χ2v) is 4.03. The molecule has 0 saturated heterocycles. The summed E-state index contributed by atoms with van der Waals surface area (Å²) in [5.74, 6) is 0.283. The number of carbonyl (C=O) groups is 2. The molecule has 0 fully saturated rings. The van der Waals surface area contributed by atoms with Crippen LogP contribution in [0.25, 0.3) is 10.8 Å². The molecule has 0 saturated carbocycles. The summed E-state index contributed by atoms with van der Waals surface area (Å²) in [5, 5.41) is 2.29. The van der Waals surface area contributed by atoms with Gasteiger partial charge >= 0.3 is 0 Å². The van der Waals surface area contributed by atoms with Crippen molar-refractivity contribution in [2.45, 2.75) is 20.8 Å². The Morgan fingerprint density at radius 3 is 1.88 bits per heavy atom. The Balaban J connectivity index is 0.000000317. The average molecular weight is 228 g/mol. The van der Waals surface area contributed by atoms with Crippen molar-refractivity contribution in [3.8, 4) is 0 Å². The number of hydrogen-bond acceptors (Lipinski definition) is 2. The molecule has 0 N–H and O–H groups in total. The van der Waals surface area contributed by atoms with Crippen LogP contribution in [0.3, 0.4) is 0 Å². The molecule has 0 spiro atoms. The van der Waals surface area contributed by atoms with Gasteiger partial charge < -0.3 is 4.79 Å². The van der Waals surface area contributed by atoms with Gasteiger partial charge in [-0.1, -0.05) is 36.4 Å². The molecule has 2 aromatic carbocycles. The van der Waals surface area contributed by atoms with Gasteiger partial charge in [-0.15, -0.1) is 0 Å². The number of fused-ring (bicyclic) bond motifs is 1. The molecule has 0 amide bonds. The molecule has 2 heteroatoms. The minimum atomic E-state index is 0.116. The third kappa shape index (κ3) is 4.19. The maximum Gasteiger partial charge on any atom is 0.159 e. The molecule has 0 aromatic heterocycles. The fourth-order valence-electron chi connectivity index (χ4n) is 1.41. The number of Topliss-reactive ketones (excluding diaryl/α,β-unsaturated/α-hetero) is 2. The molecule has 0 aliphatic rings. The van der Waals surface area contributed by atoms with E-state index in [4.69, 9.17) is 0 Å². The zero-order valence-electron chi connectivity index (χ0n) is 10.4. The molecule has 17 heavy (non-hydrogen) atoms. The maximum atomic E-state index is 11.1. The third-order valence-electron chi connectivity index (χ3n) is 2.16. The molecule has 2 rings (SSSR count). The second-order valence-electron chi connectivity index (χ2n) is 4.03. The fraction of sp³-hybridized carbons (Fsp3) is 0.200. The van der Waals surface area contributed by atoms with Crippen LogP contribution in [0.2, 0.25) is 0 Å². The van der Waals surface area contributed by atoms with Crippen LogP contribution in [0, 0.1) is 0 Å². The number of ketones is 2. The van der Waals surface area contributed by atoms with Gasteiger partial charge in [-0.25, -0.2) is 0 Å². The predicted molar refractivity (Wildman–Crippen MR) is 70.3 cm³/mol. The van der Waals surface area contributed by atoms with Crippen LogP contribution in [0.1, 0.15) is 31.1 Å². The van der Waals surface area contributed by atoms with Gasteiger partial charge in [0.25, 0.3) is 0 Å². The van der Waals surface area contributed by atoms with Crippen LogP contribution in [0.4, 0.5) is 0 Å². The number of benzene rings is 2. The normalized spacial score (nSPS) is 9.35. The number of carbonyl (C=O) groups excluding carboxylic acids is 2. The highest BCUT2D eigenvalue weighted by atomic mass is 16.1. The van der Waals surface area contributed by atoms with Crippen LogP contribution in [-0.4, -0.2) is 11.6 Å². The molecular weight excluding hydrogens is 212 g/mol. The van der Waals surface area contributed by atoms with E-state index in [9.17, 15) is 9.59 Å². The summed E-state index contributed by atoms with van der Waals surface area (Å²) in [7, 11) is 0. The van der Waals surface area contributed by atoms with Crippen LogP contribution < -0.4 is 0 Å². The number of hydrogen-bond donors (Lipinski definition) is 0. The van der Waals surface area contributed by atoms with Gasteiger partial charge in [-0.05, 0) is 37.6 Å². The Labute approximate surface area is 101 Å². The van der Waals surface area contributed by atoms with Crippen molar-refractivity contribution in [2.75, 3.05) is 0 Å². The van der Waals surface area contributed by atoms with Gasteiger partial charge in [-0.2, -0.15) is 0 Å². The summed E-state index contributed by atoms with van der Waals surface area (Å²) < 4.78 is 0. The van der Waals surface area contributed by atoms with Gasteiger partial charge in [0.1, 0.15) is 5.78 Å². The smallest absolute Gasteiger partial charge is 0.159 e. The number of rotatable bonds is 1. The lowest BCUT2D eigenvalue weighted by Gasteiger charge is -1.99. The predicted octanol–water partition coefficient (Wildman–Crippen LogP) is 3.64. The quantitative estimate of drug-likeness (QED) is 0.698. The summed E-state index contributed by atoms with van der Waals surface area (Å²) in [5.41, 5.74) is 0.777. The first-order valence-corrected chi connectivity index (χ1v) is 5.47. The third-order valence-corrected chi connectivity index (χ3v) is 2.16. The van der Waals surface area contributed by atoms with Crippen molar-refractivity contribution >= 4 is 22.3 Å². The first kappa shape index (κ1) is 13.1. The molecule has 0 aliphatic heterocycles. The van der Waals surface area contributed by atoms with E-state index in [-0.39, 0.29) is 11.6 Å². The van der Waals surface area contributed by atoms with Crippen molar-refractivity contribution in [3.63, 3.8) is 0 Å². The molecular formula is C15H16O2. The SMILES string of the molecule is CC(=O)c1ccc2ccccc2c1.CC(C)=O. The highest BCUT2D eigenvalue weighted by molar-refractivity contribution is 5.98. The maximum absolute atomic E-state index is 11.1. The van der Waals surface area contributed by atoms with Crippen LogP contribution in [0.5, 0.6) is 0 Å². The first-order valence-electron chi connectivity index (χ1n) is 5.47. The summed E-state index contributed by atoms with van der Waals surface area (Å²) in [4.78, 5) is 20.5. The Hall–Kier alpha value is -1.96. The molecule has 0 aliphatic carbocycles. The van der Waals surface area contributed by atoms with E-state index in [1.807, 2.05) is 42.5 Å². The minimum absolute atomic E-state index is 0.116. The lowest BCUT2D eigenvalue weighted by Crippen LogP contribution is -1.90. The summed E-state index contributed by atoms with van der Waals surface area (Å²) in [6.07, 6.45) is 0. The van der Waals surface area contributed by atoms with Gasteiger partial charge in [0, 0.05) is 5.56 Å². The Morgan fingerprint density at radius 1 is 0.824 bits per heavy atom. The van der Waals surface area contributed by atoms with Gasteiger partial charge in [0.2, 0.25) is 0 Å². The largest absolute Gasteiger partial charge is 0.300 e. The molecule has 0 atom stereocenters. The highest BCUT2D eigenvalue weighted by Crippen LogP contribution is 2.15. The van der Waals surface area contributed by atoms with E-state index < -0.39 is 0 Å². The Morgan fingerprint density at radius 2 is 1.35 bits per heavy atom. The second kappa shape index (κ2) is 5.94. The molecule has 0 heterocycles. The minimum Gasteiger partial charge on any atom is -0.300 e. The zero-order chi connectivity index (χ0) is 12.8. The van der Waals surface area contributed by atoms with E-state index in [0.29, 0.717) is 0 Å². The van der Waals surface area contributed by atoms with E-state index in [2.05, 4.69) is 0 Å². The Kier molecular flexibility index (Phi) is 4.58. The lowest BCUT2D eigenvalue weighted by molar-refractivity contribution is -0.114. The van der Waals surface area contributed by atoms with Gasteiger partial charge in [-0.3, -0.25) is 4.79 Å². The van der Waals surface area contributed by atoms with E-state index >= 15 is 0 Å². The van der Waals surface area contributed by atoms with E-state index in [0.717, 1.165) is 10.9 Å². The summed E-state index contributed by atoms with van der Waals surface area (Å²) in [6.45, 7) is 4.64. The summed E-state index contributed by atoms with van der Waals surface area (Å²) >= 11 is 0. The molecule has 88 valence electrons. The van der Waals surface area contributed by atoms with Crippen molar-refractivity contribution < 1.29 is 9.59 Å². The summed E-state index contributed by atoms with van der Waals surface area (Å²) in [6, 6.07) is 13.8. The van der Waals surface area contributed by atoms with Crippen molar-refractivity contribution in [2.24, 2.45) is 0 Å². The average Bonchev–Trinajstić information content (AvgIpc) is 2.27.